The fourth-order valence-corrected chi connectivity index (χ4v) is 1.82. The maximum absolute atomic E-state index is 5.78. The van der Waals surface area contributed by atoms with Gasteiger partial charge in [-0.1, -0.05) is 17.3 Å². The van der Waals surface area contributed by atoms with E-state index in [1.807, 2.05) is 18.2 Å². The number of hydrogen-bond acceptors (Lipinski definition) is 7. The molecule has 0 aliphatic heterocycles. The molecule has 0 aliphatic rings. The van der Waals surface area contributed by atoms with Gasteiger partial charge in [0.05, 0.1) is 13.7 Å². The van der Waals surface area contributed by atoms with E-state index in [9.17, 15) is 0 Å². The third kappa shape index (κ3) is 4.44. The summed E-state index contributed by atoms with van der Waals surface area (Å²) in [6, 6.07) is 5.76. The number of nitrogens with one attached hydrogen (secondary N) is 1. The monoisotopic (exact) mass is 293 g/mol. The Hall–Kier alpha value is -2.12. The zero-order valence-electron chi connectivity index (χ0n) is 12.2. The summed E-state index contributed by atoms with van der Waals surface area (Å²) in [6.07, 6.45) is 1.27. The van der Waals surface area contributed by atoms with Crippen LogP contribution in [-0.2, 0) is 17.9 Å². The Morgan fingerprint density at radius 1 is 1.29 bits per heavy atom. The molecule has 1 aromatic heterocycles. The average Bonchev–Trinajstić information content (AvgIpc) is 3.03. The molecule has 0 radical (unpaired) electrons. The van der Waals surface area contributed by atoms with E-state index in [0.717, 1.165) is 12.1 Å². The molecular weight excluding hydrogens is 274 g/mol. The molecule has 2 aromatic rings. The van der Waals surface area contributed by atoms with E-state index in [4.69, 9.17) is 14.2 Å². The number of methoxy groups -OCH3 is 2. The second kappa shape index (κ2) is 8.23. The quantitative estimate of drug-likeness (QED) is 0.700. The molecule has 1 aromatic carbocycles. The van der Waals surface area contributed by atoms with Gasteiger partial charge in [-0.2, -0.15) is 4.98 Å². The minimum Gasteiger partial charge on any atom is -0.493 e. The number of ether oxygens (including phenoxy) is 3. The molecule has 0 saturated heterocycles. The van der Waals surface area contributed by atoms with Crippen LogP contribution < -0.4 is 14.8 Å². The molecule has 0 amide bonds. The maximum atomic E-state index is 5.78. The smallest absolute Gasteiger partial charge is 0.213 e. The van der Waals surface area contributed by atoms with Gasteiger partial charge in [0.25, 0.3) is 0 Å². The zero-order valence-corrected chi connectivity index (χ0v) is 12.2. The van der Waals surface area contributed by atoms with Gasteiger partial charge in [-0.05, 0) is 6.07 Å². The van der Waals surface area contributed by atoms with Crippen LogP contribution in [0.3, 0.4) is 0 Å². The molecule has 7 nitrogen and oxygen atoms in total. The van der Waals surface area contributed by atoms with Crippen LogP contribution in [0, 0.1) is 0 Å². The molecule has 0 unspecified atom stereocenters. The molecule has 0 bridgehead atoms. The summed E-state index contributed by atoms with van der Waals surface area (Å²) in [6.45, 7) is 2.30. The first-order valence-corrected chi connectivity index (χ1v) is 6.58. The summed E-state index contributed by atoms with van der Waals surface area (Å²) in [5, 5.41) is 7.00. The summed E-state index contributed by atoms with van der Waals surface area (Å²) in [7, 11) is 3.28. The van der Waals surface area contributed by atoms with Crippen molar-refractivity contribution in [1.29, 1.82) is 0 Å². The van der Waals surface area contributed by atoms with Gasteiger partial charge in [-0.3, -0.25) is 0 Å². The van der Waals surface area contributed by atoms with Crippen molar-refractivity contribution in [3.8, 4) is 11.5 Å². The lowest BCUT2D eigenvalue weighted by atomic mass is 10.2. The van der Waals surface area contributed by atoms with Crippen molar-refractivity contribution < 1.29 is 18.7 Å². The second-order valence-corrected chi connectivity index (χ2v) is 4.25. The highest BCUT2D eigenvalue weighted by atomic mass is 16.5. The molecule has 0 atom stereocenters. The fourth-order valence-electron chi connectivity index (χ4n) is 1.82. The first kappa shape index (κ1) is 15.3. The molecule has 2 rings (SSSR count). The van der Waals surface area contributed by atoms with E-state index in [0.29, 0.717) is 30.5 Å². The number of para-hydroxylation sites is 1. The highest BCUT2D eigenvalue weighted by Crippen LogP contribution is 2.31. The van der Waals surface area contributed by atoms with Crippen LogP contribution in [0.4, 0.5) is 0 Å². The van der Waals surface area contributed by atoms with Crippen LogP contribution in [0.1, 0.15) is 11.4 Å². The van der Waals surface area contributed by atoms with E-state index in [2.05, 4.69) is 20.0 Å². The van der Waals surface area contributed by atoms with Crippen LogP contribution in [-0.4, -0.2) is 37.5 Å². The van der Waals surface area contributed by atoms with Crippen molar-refractivity contribution in [3.05, 3.63) is 36.0 Å². The van der Waals surface area contributed by atoms with Gasteiger partial charge >= 0.3 is 0 Å². The molecule has 0 aliphatic carbocycles. The predicted octanol–water partition coefficient (Wildman–Crippen LogP) is 1.39. The summed E-state index contributed by atoms with van der Waals surface area (Å²) in [5.41, 5.74) is 0.994. The highest BCUT2D eigenvalue weighted by molar-refractivity contribution is 5.46. The fraction of sp³-hybridized carbons (Fsp3) is 0.429. The van der Waals surface area contributed by atoms with Crippen LogP contribution in [0.25, 0.3) is 0 Å². The third-order valence-corrected chi connectivity index (χ3v) is 2.83. The summed E-state index contributed by atoms with van der Waals surface area (Å²) < 4.78 is 20.8. The topological polar surface area (TPSA) is 78.6 Å². The largest absolute Gasteiger partial charge is 0.493 e. The van der Waals surface area contributed by atoms with Gasteiger partial charge in [-0.15, -0.1) is 0 Å². The third-order valence-electron chi connectivity index (χ3n) is 2.83. The Balaban J connectivity index is 2.04. The van der Waals surface area contributed by atoms with E-state index < -0.39 is 0 Å². The van der Waals surface area contributed by atoms with Crippen LogP contribution in [0.5, 0.6) is 11.5 Å². The summed E-state index contributed by atoms with van der Waals surface area (Å²) >= 11 is 0. The lowest BCUT2D eigenvalue weighted by Gasteiger charge is -2.14. The number of benzene rings is 1. The van der Waals surface area contributed by atoms with Gasteiger partial charge in [0.15, 0.2) is 18.1 Å². The van der Waals surface area contributed by atoms with E-state index in [-0.39, 0.29) is 6.61 Å². The van der Waals surface area contributed by atoms with Crippen molar-refractivity contribution >= 4 is 0 Å². The number of rotatable bonds is 9. The van der Waals surface area contributed by atoms with Crippen molar-refractivity contribution in [2.45, 2.75) is 13.2 Å². The first-order chi connectivity index (χ1) is 10.3. The summed E-state index contributed by atoms with van der Waals surface area (Å²) in [4.78, 5) is 3.93. The van der Waals surface area contributed by atoms with Gasteiger partial charge in [-0.25, -0.2) is 0 Å². The molecule has 7 heteroatoms. The summed E-state index contributed by atoms with van der Waals surface area (Å²) in [5.74, 6) is 1.83. The maximum Gasteiger partial charge on any atom is 0.213 e. The molecule has 1 heterocycles. The minimum atomic E-state index is 0.224. The number of hydrogen-bond donors (Lipinski definition) is 1. The van der Waals surface area contributed by atoms with Gasteiger partial charge < -0.3 is 24.1 Å². The van der Waals surface area contributed by atoms with Crippen LogP contribution in [0.2, 0.25) is 0 Å². The van der Waals surface area contributed by atoms with E-state index in [1.54, 1.807) is 14.2 Å². The Morgan fingerprint density at radius 3 is 2.90 bits per heavy atom. The van der Waals surface area contributed by atoms with Gasteiger partial charge in [0, 0.05) is 25.8 Å². The second-order valence-electron chi connectivity index (χ2n) is 4.25. The van der Waals surface area contributed by atoms with Crippen molar-refractivity contribution in [2.75, 3.05) is 27.4 Å². The highest BCUT2D eigenvalue weighted by Gasteiger charge is 2.11. The van der Waals surface area contributed by atoms with Crippen LogP contribution >= 0.6 is 0 Å². The molecule has 0 fully saturated rings. The normalized spacial score (nSPS) is 10.6. The zero-order chi connectivity index (χ0) is 14.9. The van der Waals surface area contributed by atoms with Gasteiger partial charge in [0.1, 0.15) is 0 Å². The van der Waals surface area contributed by atoms with Crippen molar-refractivity contribution in [2.24, 2.45) is 0 Å². The van der Waals surface area contributed by atoms with E-state index in [1.165, 1.54) is 6.39 Å². The Morgan fingerprint density at radius 2 is 2.19 bits per heavy atom. The first-order valence-electron chi connectivity index (χ1n) is 6.58. The molecule has 1 N–H and O–H groups in total. The van der Waals surface area contributed by atoms with E-state index >= 15 is 0 Å². The standard InChI is InChI=1S/C14H19N3O4/c1-18-7-6-15-8-11-4-3-5-12(19-2)14(11)20-9-13-16-10-21-17-13/h3-5,10,15H,6-9H2,1-2H3. The molecule has 0 spiro atoms. The molecular formula is C14H19N3O4. The Labute approximate surface area is 123 Å². The van der Waals surface area contributed by atoms with Crippen molar-refractivity contribution in [1.82, 2.24) is 15.5 Å². The van der Waals surface area contributed by atoms with Gasteiger partial charge in [0.2, 0.25) is 12.2 Å². The predicted molar refractivity (Wildman–Crippen MR) is 75.2 cm³/mol. The number of nitrogens with zero attached hydrogens (tertiary/aromatic N) is 2. The lowest BCUT2D eigenvalue weighted by molar-refractivity contribution is 0.199. The SMILES string of the molecule is COCCNCc1cccc(OC)c1OCc1ncon1. The number of aromatic nitrogens is 2. The minimum absolute atomic E-state index is 0.224. The molecule has 21 heavy (non-hydrogen) atoms. The molecule has 0 saturated carbocycles. The Bertz CT molecular complexity index is 531. The van der Waals surface area contributed by atoms with Crippen molar-refractivity contribution in [3.63, 3.8) is 0 Å². The lowest BCUT2D eigenvalue weighted by Crippen LogP contribution is -2.19. The Kier molecular flexibility index (Phi) is 5.99. The average molecular weight is 293 g/mol. The van der Waals surface area contributed by atoms with Crippen LogP contribution in [0.15, 0.2) is 29.1 Å². The molecule has 114 valence electrons.